The Bertz CT molecular complexity index is 831. The van der Waals surface area contributed by atoms with Crippen molar-refractivity contribution in [3.05, 3.63) is 24.0 Å². The summed E-state index contributed by atoms with van der Waals surface area (Å²) in [7, 11) is 0. The van der Waals surface area contributed by atoms with Crippen LogP contribution in [-0.4, -0.2) is 21.4 Å². The van der Waals surface area contributed by atoms with Crippen LogP contribution in [0.5, 0.6) is 0 Å². The number of benzene rings is 1. The highest BCUT2D eigenvalue weighted by atomic mass is 19.3. The van der Waals surface area contributed by atoms with E-state index in [1.54, 1.807) is 0 Å². The summed E-state index contributed by atoms with van der Waals surface area (Å²) in [5.41, 5.74) is 2.43. The minimum Gasteiger partial charge on any atom is -0.327 e. The summed E-state index contributed by atoms with van der Waals surface area (Å²) in [5, 5.41) is 2.80. The molecule has 1 saturated carbocycles. The van der Waals surface area contributed by atoms with E-state index in [4.69, 9.17) is 4.98 Å². The highest BCUT2D eigenvalue weighted by molar-refractivity contribution is 5.91. The monoisotopic (exact) mass is 377 g/mol. The summed E-state index contributed by atoms with van der Waals surface area (Å²) in [6.07, 6.45) is 1.97. The zero-order valence-electron chi connectivity index (χ0n) is 16.6. The highest BCUT2D eigenvalue weighted by Crippen LogP contribution is 2.38. The maximum Gasteiger partial charge on any atom is 0.248 e. The average molecular weight is 377 g/mol. The molecule has 1 aliphatic rings. The second-order valence-electron chi connectivity index (χ2n) is 8.47. The van der Waals surface area contributed by atoms with Gasteiger partial charge in [0, 0.05) is 37.4 Å². The number of nitrogens with zero attached hydrogens (tertiary/aromatic N) is 2. The minimum atomic E-state index is -2.51. The molecule has 0 saturated heterocycles. The molecule has 1 aromatic carbocycles. The van der Waals surface area contributed by atoms with Crippen LogP contribution in [0.4, 0.5) is 14.5 Å². The molecular formula is C21H29F2N3O. The van der Waals surface area contributed by atoms with Gasteiger partial charge in [-0.25, -0.2) is 13.8 Å². The van der Waals surface area contributed by atoms with Gasteiger partial charge in [-0.2, -0.15) is 0 Å². The van der Waals surface area contributed by atoms with Crippen LogP contribution in [0.2, 0.25) is 0 Å². The van der Waals surface area contributed by atoms with Crippen molar-refractivity contribution in [2.75, 3.05) is 5.32 Å². The van der Waals surface area contributed by atoms with Gasteiger partial charge in [-0.05, 0) is 43.4 Å². The van der Waals surface area contributed by atoms with E-state index in [2.05, 4.69) is 30.7 Å². The zero-order chi connectivity index (χ0) is 19.8. The SMILES string of the molecule is CCC(C)(C)c1nc2cc(NC(C)=O)ccc2n1CC1CCC(F)(F)CC1. The molecular weight excluding hydrogens is 348 g/mol. The Morgan fingerprint density at radius 3 is 2.59 bits per heavy atom. The molecule has 1 fully saturated rings. The van der Waals surface area contributed by atoms with Crippen molar-refractivity contribution in [2.45, 2.75) is 77.7 Å². The second-order valence-corrected chi connectivity index (χ2v) is 8.47. The van der Waals surface area contributed by atoms with Crippen LogP contribution in [0.3, 0.4) is 0 Å². The third-order valence-electron chi connectivity index (χ3n) is 5.84. The number of halogens is 2. The second kappa shape index (κ2) is 7.21. The number of carbonyl (C=O) groups is 1. The lowest BCUT2D eigenvalue weighted by atomic mass is 9.85. The highest BCUT2D eigenvalue weighted by Gasteiger charge is 2.36. The van der Waals surface area contributed by atoms with Crippen LogP contribution in [-0.2, 0) is 16.8 Å². The fourth-order valence-corrected chi connectivity index (χ4v) is 3.81. The number of amides is 1. The van der Waals surface area contributed by atoms with E-state index < -0.39 is 5.92 Å². The first-order valence-electron chi connectivity index (χ1n) is 9.77. The minimum absolute atomic E-state index is 0.0243. The van der Waals surface area contributed by atoms with Gasteiger partial charge in [0.15, 0.2) is 0 Å². The van der Waals surface area contributed by atoms with E-state index in [0.29, 0.717) is 19.4 Å². The molecule has 1 N–H and O–H groups in total. The van der Waals surface area contributed by atoms with Gasteiger partial charge in [0.2, 0.25) is 11.8 Å². The summed E-state index contributed by atoms with van der Waals surface area (Å²) < 4.78 is 29.3. The van der Waals surface area contributed by atoms with E-state index >= 15 is 0 Å². The van der Waals surface area contributed by atoms with Crippen molar-refractivity contribution in [1.29, 1.82) is 0 Å². The average Bonchev–Trinajstić information content (AvgIpc) is 2.95. The van der Waals surface area contributed by atoms with Crippen LogP contribution in [0, 0.1) is 5.92 Å². The molecule has 3 rings (SSSR count). The van der Waals surface area contributed by atoms with Gasteiger partial charge < -0.3 is 9.88 Å². The molecule has 0 unspecified atom stereocenters. The van der Waals surface area contributed by atoms with Crippen LogP contribution in [0.15, 0.2) is 18.2 Å². The molecule has 0 aliphatic heterocycles. The smallest absolute Gasteiger partial charge is 0.248 e. The van der Waals surface area contributed by atoms with Gasteiger partial charge in [0.25, 0.3) is 0 Å². The number of hydrogen-bond acceptors (Lipinski definition) is 2. The number of imidazole rings is 1. The summed E-state index contributed by atoms with van der Waals surface area (Å²) in [5.74, 6) is -1.40. The topological polar surface area (TPSA) is 46.9 Å². The Balaban J connectivity index is 1.98. The van der Waals surface area contributed by atoms with E-state index in [1.807, 2.05) is 18.2 Å². The first-order valence-corrected chi connectivity index (χ1v) is 9.77. The molecule has 4 nitrogen and oxygen atoms in total. The fraction of sp³-hybridized carbons (Fsp3) is 0.619. The summed E-state index contributed by atoms with van der Waals surface area (Å²) in [6.45, 7) is 8.65. The van der Waals surface area contributed by atoms with Crippen molar-refractivity contribution >= 4 is 22.6 Å². The van der Waals surface area contributed by atoms with Gasteiger partial charge in [0.05, 0.1) is 11.0 Å². The molecule has 1 aromatic heterocycles. The summed E-state index contributed by atoms with van der Waals surface area (Å²) >= 11 is 0. The Morgan fingerprint density at radius 2 is 2.00 bits per heavy atom. The zero-order valence-corrected chi connectivity index (χ0v) is 16.6. The summed E-state index contributed by atoms with van der Waals surface area (Å²) in [4.78, 5) is 16.2. The standard InChI is InChI=1S/C21H29F2N3O/c1-5-20(3,4)19-25-17-12-16(24-14(2)27)6-7-18(17)26(19)13-15-8-10-21(22,23)11-9-15/h6-7,12,15H,5,8-11,13H2,1-4H3,(H,24,27). The lowest BCUT2D eigenvalue weighted by Gasteiger charge is -2.30. The van der Waals surface area contributed by atoms with Crippen molar-refractivity contribution in [3.63, 3.8) is 0 Å². The molecule has 1 heterocycles. The van der Waals surface area contributed by atoms with Crippen LogP contribution in [0.1, 0.15) is 65.6 Å². The lowest BCUT2D eigenvalue weighted by Crippen LogP contribution is -2.29. The number of fused-ring (bicyclic) bond motifs is 1. The molecule has 1 amide bonds. The molecule has 0 atom stereocenters. The van der Waals surface area contributed by atoms with E-state index in [0.717, 1.165) is 29.0 Å². The molecule has 1 aliphatic carbocycles. The molecule has 27 heavy (non-hydrogen) atoms. The number of hydrogen-bond donors (Lipinski definition) is 1. The van der Waals surface area contributed by atoms with E-state index in [1.165, 1.54) is 6.92 Å². The van der Waals surface area contributed by atoms with Crippen molar-refractivity contribution < 1.29 is 13.6 Å². The quantitative estimate of drug-likeness (QED) is 0.747. The van der Waals surface area contributed by atoms with E-state index in [9.17, 15) is 13.6 Å². The van der Waals surface area contributed by atoms with Gasteiger partial charge in [0.1, 0.15) is 5.82 Å². The first kappa shape index (κ1) is 19.8. The predicted molar refractivity (Wildman–Crippen MR) is 104 cm³/mol. The first-order chi connectivity index (χ1) is 12.6. The van der Waals surface area contributed by atoms with Crippen LogP contribution >= 0.6 is 0 Å². The molecule has 2 aromatic rings. The molecule has 0 radical (unpaired) electrons. The fourth-order valence-electron chi connectivity index (χ4n) is 3.81. The molecule has 0 bridgehead atoms. The number of aromatic nitrogens is 2. The third kappa shape index (κ3) is 4.30. The predicted octanol–water partition coefficient (Wildman–Crippen LogP) is 5.51. The Kier molecular flexibility index (Phi) is 5.28. The van der Waals surface area contributed by atoms with Gasteiger partial charge >= 0.3 is 0 Å². The normalized spacial score (nSPS) is 18.0. The van der Waals surface area contributed by atoms with Crippen LogP contribution in [0.25, 0.3) is 11.0 Å². The van der Waals surface area contributed by atoms with Crippen molar-refractivity contribution in [2.24, 2.45) is 5.92 Å². The number of carbonyl (C=O) groups excluding carboxylic acids is 1. The number of nitrogens with one attached hydrogen (secondary N) is 1. The van der Waals surface area contributed by atoms with Gasteiger partial charge in [-0.1, -0.05) is 20.8 Å². The molecule has 148 valence electrons. The van der Waals surface area contributed by atoms with E-state index in [-0.39, 0.29) is 30.1 Å². The third-order valence-corrected chi connectivity index (χ3v) is 5.84. The maximum atomic E-state index is 13.5. The maximum absolute atomic E-state index is 13.5. The number of alkyl halides is 2. The number of anilines is 1. The van der Waals surface area contributed by atoms with Crippen molar-refractivity contribution in [3.8, 4) is 0 Å². The largest absolute Gasteiger partial charge is 0.327 e. The molecule has 0 spiro atoms. The summed E-state index contributed by atoms with van der Waals surface area (Å²) in [6, 6.07) is 5.73. The van der Waals surface area contributed by atoms with Gasteiger partial charge in [-0.15, -0.1) is 0 Å². The Morgan fingerprint density at radius 1 is 1.33 bits per heavy atom. The molecule has 6 heteroatoms. The lowest BCUT2D eigenvalue weighted by molar-refractivity contribution is -0.114. The van der Waals surface area contributed by atoms with Crippen molar-refractivity contribution in [1.82, 2.24) is 9.55 Å². The number of rotatable bonds is 5. The van der Waals surface area contributed by atoms with Gasteiger partial charge in [-0.3, -0.25) is 4.79 Å². The Labute approximate surface area is 159 Å². The van der Waals surface area contributed by atoms with Crippen LogP contribution < -0.4 is 5.32 Å². The Hall–Kier alpha value is -1.98.